The number of carboxylic acid groups (broad SMARTS) is 1. The van der Waals surface area contributed by atoms with E-state index in [4.69, 9.17) is 15.9 Å². The molecule has 3 unspecified atom stereocenters. The number of hydrogen-bond acceptors (Lipinski definition) is 7. The quantitative estimate of drug-likeness (QED) is 0.0847. The summed E-state index contributed by atoms with van der Waals surface area (Å²) in [5.74, 6) is -2.63. The summed E-state index contributed by atoms with van der Waals surface area (Å²) in [4.78, 5) is 58.1. The van der Waals surface area contributed by atoms with Gasteiger partial charge in [0.25, 0.3) is 11.8 Å². The smallest absolute Gasteiger partial charge is 0.326 e. The minimum absolute atomic E-state index is 0.101. The fourth-order valence-corrected chi connectivity index (χ4v) is 3.96. The first-order valence-electron chi connectivity index (χ1n) is 13.2. The highest BCUT2D eigenvalue weighted by atomic mass is 16.4. The number of oxazole rings is 1. The van der Waals surface area contributed by atoms with Crippen molar-refractivity contribution in [1.82, 2.24) is 15.6 Å². The first kappa shape index (κ1) is 30.5. The molecule has 0 bridgehead atoms. The van der Waals surface area contributed by atoms with Crippen molar-refractivity contribution in [1.29, 1.82) is 0 Å². The van der Waals surface area contributed by atoms with E-state index in [0.29, 0.717) is 29.5 Å². The Labute approximate surface area is 237 Å². The molecule has 2 amide bonds. The van der Waals surface area contributed by atoms with Gasteiger partial charge >= 0.3 is 5.97 Å². The number of nitrogens with zero attached hydrogens (tertiary/aromatic N) is 2. The molecule has 3 rings (SSSR count). The van der Waals surface area contributed by atoms with Gasteiger partial charge in [0.1, 0.15) is 18.3 Å². The lowest BCUT2D eigenvalue weighted by atomic mass is 9.98. The Kier molecular flexibility index (Phi) is 10.7. The summed E-state index contributed by atoms with van der Waals surface area (Å²) in [5.41, 5.74) is 11.7. The van der Waals surface area contributed by atoms with Crippen molar-refractivity contribution >= 4 is 29.5 Å². The van der Waals surface area contributed by atoms with Crippen LogP contribution in [-0.4, -0.2) is 52.2 Å². The third-order valence-corrected chi connectivity index (χ3v) is 6.51. The molecular formula is C29H34N6O6. The van der Waals surface area contributed by atoms with Crippen molar-refractivity contribution in [3.63, 3.8) is 0 Å². The van der Waals surface area contributed by atoms with E-state index in [1.54, 1.807) is 48.5 Å². The van der Waals surface area contributed by atoms with Crippen LogP contribution in [0.1, 0.15) is 81.8 Å². The lowest BCUT2D eigenvalue weighted by Crippen LogP contribution is -2.41. The van der Waals surface area contributed by atoms with Crippen LogP contribution in [0.25, 0.3) is 0 Å². The highest BCUT2D eigenvalue weighted by molar-refractivity contribution is 6.09. The maximum absolute atomic E-state index is 13.1. The predicted molar refractivity (Wildman–Crippen MR) is 151 cm³/mol. The second kappa shape index (κ2) is 14.4. The highest BCUT2D eigenvalue weighted by Gasteiger charge is 2.28. The first-order valence-corrected chi connectivity index (χ1v) is 13.2. The SMILES string of the molecule is CCC(C)C(NC(=O)c1ccc(C(=O)c2ccccc2)cc1)c1nc(C(=O)NC(CCCN=C(N)N)C(=O)O)co1. The molecule has 12 heteroatoms. The van der Waals surface area contributed by atoms with E-state index in [1.165, 1.54) is 0 Å². The number of aromatic nitrogens is 1. The van der Waals surface area contributed by atoms with Gasteiger partial charge in [-0.2, -0.15) is 0 Å². The van der Waals surface area contributed by atoms with Crippen LogP contribution in [0.5, 0.6) is 0 Å². The normalized spacial score (nSPS) is 12.9. The molecule has 3 aromatic rings. The van der Waals surface area contributed by atoms with E-state index in [2.05, 4.69) is 20.6 Å². The monoisotopic (exact) mass is 562 g/mol. The second-order valence-electron chi connectivity index (χ2n) is 9.49. The van der Waals surface area contributed by atoms with Crippen LogP contribution in [-0.2, 0) is 4.79 Å². The molecule has 0 aliphatic heterocycles. The van der Waals surface area contributed by atoms with Gasteiger partial charge in [-0.25, -0.2) is 9.78 Å². The number of carbonyl (C=O) groups excluding carboxylic acids is 3. The minimum atomic E-state index is -1.21. The number of nitrogens with one attached hydrogen (secondary N) is 2. The Hall–Kier alpha value is -5.00. The molecule has 7 N–H and O–H groups in total. The van der Waals surface area contributed by atoms with Crippen molar-refractivity contribution in [2.24, 2.45) is 22.4 Å². The molecule has 1 aromatic heterocycles. The number of hydrogen-bond donors (Lipinski definition) is 5. The number of carbonyl (C=O) groups is 4. The molecule has 12 nitrogen and oxygen atoms in total. The zero-order valence-corrected chi connectivity index (χ0v) is 22.9. The van der Waals surface area contributed by atoms with Gasteiger partial charge in [0.15, 0.2) is 17.4 Å². The Balaban J connectivity index is 1.69. The van der Waals surface area contributed by atoms with E-state index >= 15 is 0 Å². The van der Waals surface area contributed by atoms with Gasteiger partial charge in [-0.3, -0.25) is 19.4 Å². The second-order valence-corrected chi connectivity index (χ2v) is 9.49. The van der Waals surface area contributed by atoms with Crippen LogP contribution in [0.2, 0.25) is 0 Å². The lowest BCUT2D eigenvalue weighted by Gasteiger charge is -2.21. The first-order chi connectivity index (χ1) is 19.6. The summed E-state index contributed by atoms with van der Waals surface area (Å²) in [7, 11) is 0. The number of aliphatic imine (C=N–C) groups is 1. The van der Waals surface area contributed by atoms with Crippen LogP contribution in [0.4, 0.5) is 0 Å². The number of ketones is 1. The van der Waals surface area contributed by atoms with Crippen LogP contribution < -0.4 is 22.1 Å². The Bertz CT molecular complexity index is 1380. The van der Waals surface area contributed by atoms with E-state index in [9.17, 15) is 24.3 Å². The number of aliphatic carboxylic acids is 1. The summed E-state index contributed by atoms with van der Waals surface area (Å²) < 4.78 is 5.55. The predicted octanol–water partition coefficient (Wildman–Crippen LogP) is 2.66. The molecule has 0 aliphatic carbocycles. The van der Waals surface area contributed by atoms with Crippen molar-refractivity contribution in [2.75, 3.05) is 6.54 Å². The number of amides is 2. The van der Waals surface area contributed by atoms with E-state index in [1.807, 2.05) is 19.9 Å². The topological polar surface area (TPSA) is 203 Å². The molecule has 216 valence electrons. The molecule has 41 heavy (non-hydrogen) atoms. The van der Waals surface area contributed by atoms with Gasteiger partial charge in [-0.05, 0) is 30.9 Å². The standard InChI is InChI=1S/C29H34N6O6/c1-3-17(2)23(35-25(37)20-13-11-19(12-14-20)24(36)18-8-5-4-6-9-18)27-34-22(16-41-27)26(38)33-21(28(39)40)10-7-15-32-29(30)31/h4-6,8-9,11-14,16-17,21,23H,3,7,10,15H2,1-2H3,(H,33,38)(H,35,37)(H,39,40)(H4,30,31,32). The molecule has 2 aromatic carbocycles. The molecule has 0 fully saturated rings. The fourth-order valence-electron chi connectivity index (χ4n) is 3.96. The lowest BCUT2D eigenvalue weighted by molar-refractivity contribution is -0.139. The van der Waals surface area contributed by atoms with Gasteiger partial charge in [0, 0.05) is 23.2 Å². The number of nitrogens with two attached hydrogens (primary N) is 2. The average molecular weight is 563 g/mol. The van der Waals surface area contributed by atoms with Gasteiger partial charge in [-0.1, -0.05) is 62.7 Å². The molecule has 0 radical (unpaired) electrons. The average Bonchev–Trinajstić information content (AvgIpc) is 3.47. The number of benzene rings is 2. The molecule has 0 saturated heterocycles. The van der Waals surface area contributed by atoms with Crippen molar-refractivity contribution < 1.29 is 28.7 Å². The summed E-state index contributed by atoms with van der Waals surface area (Å²) in [6.07, 6.45) is 2.22. The molecule has 0 saturated carbocycles. The third kappa shape index (κ3) is 8.49. The van der Waals surface area contributed by atoms with Gasteiger partial charge in [0.05, 0.1) is 0 Å². The maximum Gasteiger partial charge on any atom is 0.326 e. The van der Waals surface area contributed by atoms with Crippen molar-refractivity contribution in [2.45, 2.75) is 45.2 Å². The molecular weight excluding hydrogens is 528 g/mol. The third-order valence-electron chi connectivity index (χ3n) is 6.51. The number of rotatable bonds is 14. The molecule has 1 heterocycles. The van der Waals surface area contributed by atoms with E-state index < -0.39 is 29.9 Å². The molecule has 0 spiro atoms. The van der Waals surface area contributed by atoms with Crippen LogP contribution in [0.15, 0.2) is 70.3 Å². The zero-order valence-electron chi connectivity index (χ0n) is 22.9. The Morgan fingerprint density at radius 1 is 0.951 bits per heavy atom. The van der Waals surface area contributed by atoms with Crippen LogP contribution >= 0.6 is 0 Å². The highest BCUT2D eigenvalue weighted by Crippen LogP contribution is 2.25. The maximum atomic E-state index is 13.1. The van der Waals surface area contributed by atoms with E-state index in [-0.39, 0.29) is 42.2 Å². The Morgan fingerprint density at radius 3 is 2.20 bits per heavy atom. The summed E-state index contributed by atoms with van der Waals surface area (Å²) >= 11 is 0. The number of guanidine groups is 1. The summed E-state index contributed by atoms with van der Waals surface area (Å²) in [6.45, 7) is 4.05. The summed E-state index contributed by atoms with van der Waals surface area (Å²) in [6, 6.07) is 13.3. The van der Waals surface area contributed by atoms with E-state index in [0.717, 1.165) is 6.26 Å². The fraction of sp³-hybridized carbons (Fsp3) is 0.310. The van der Waals surface area contributed by atoms with Gasteiger partial charge < -0.3 is 31.6 Å². The Morgan fingerprint density at radius 2 is 1.59 bits per heavy atom. The van der Waals surface area contributed by atoms with Gasteiger partial charge in [-0.15, -0.1) is 0 Å². The minimum Gasteiger partial charge on any atom is -0.480 e. The van der Waals surface area contributed by atoms with Crippen molar-refractivity contribution in [3.05, 3.63) is 89.1 Å². The van der Waals surface area contributed by atoms with Crippen molar-refractivity contribution in [3.8, 4) is 0 Å². The van der Waals surface area contributed by atoms with Crippen LogP contribution in [0, 0.1) is 5.92 Å². The zero-order chi connectivity index (χ0) is 29.9. The number of carboxylic acids is 1. The van der Waals surface area contributed by atoms with Crippen LogP contribution in [0.3, 0.4) is 0 Å². The molecule has 3 atom stereocenters. The summed E-state index contributed by atoms with van der Waals surface area (Å²) in [5, 5.41) is 14.8. The largest absolute Gasteiger partial charge is 0.480 e. The van der Waals surface area contributed by atoms with Gasteiger partial charge in [0.2, 0.25) is 5.89 Å². The molecule has 0 aliphatic rings.